The van der Waals surface area contributed by atoms with Crippen LogP contribution in [0.4, 0.5) is 0 Å². The number of hydrogen-bond acceptors (Lipinski definition) is 1. The van der Waals surface area contributed by atoms with Gasteiger partial charge in [0, 0.05) is 14.1 Å². The normalized spacial score (nSPS) is 12.5. The predicted octanol–water partition coefficient (Wildman–Crippen LogP) is 2.51. The number of hydrogen-bond donors (Lipinski definition) is 0. The lowest BCUT2D eigenvalue weighted by molar-refractivity contribution is -1.03. The van der Waals surface area contributed by atoms with E-state index in [0.717, 1.165) is 0 Å². The lowest BCUT2D eigenvalue weighted by atomic mass is 10.3. The van der Waals surface area contributed by atoms with Crippen LogP contribution < -0.4 is 0 Å². The third kappa shape index (κ3) is 3.65. The molecule has 0 N–H and O–H groups in total. The van der Waals surface area contributed by atoms with Gasteiger partial charge in [0.25, 0.3) is 0 Å². The van der Waals surface area contributed by atoms with Gasteiger partial charge >= 0.3 is 0 Å². The number of quaternary nitrogens is 1. The summed E-state index contributed by atoms with van der Waals surface area (Å²) in [4.78, 5) is 0. The highest BCUT2D eigenvalue weighted by atomic mass is 15.7. The number of nitrogens with zero attached hydrogens (tertiary/aromatic N) is 2. The summed E-state index contributed by atoms with van der Waals surface area (Å²) in [5.41, 5.74) is 0. The van der Waals surface area contributed by atoms with Crippen molar-refractivity contribution in [3.8, 4) is 0 Å². The molecule has 0 aliphatic rings. The first-order chi connectivity index (χ1) is 6.13. The largest absolute Gasteiger partial charge is 0.244 e. The van der Waals surface area contributed by atoms with Gasteiger partial charge in [-0.15, -0.1) is 0 Å². The minimum Gasteiger partial charge on any atom is -0.244 e. The van der Waals surface area contributed by atoms with Crippen LogP contribution in [0, 0.1) is 0 Å². The molecular formula is C11H27N2+. The Morgan fingerprint density at radius 1 is 0.769 bits per heavy atom. The van der Waals surface area contributed by atoms with Gasteiger partial charge in [-0.25, -0.2) is 4.59 Å². The molecule has 0 aromatic rings. The van der Waals surface area contributed by atoms with Gasteiger partial charge in [-0.2, -0.15) is 5.01 Å². The Kier molecular flexibility index (Phi) is 6.35. The van der Waals surface area contributed by atoms with Crippen molar-refractivity contribution in [1.82, 2.24) is 5.01 Å². The molecule has 2 heteroatoms. The summed E-state index contributed by atoms with van der Waals surface area (Å²) in [5, 5.41) is 2.39. The van der Waals surface area contributed by atoms with Gasteiger partial charge in [0.15, 0.2) is 0 Å². The maximum absolute atomic E-state index is 2.39. The lowest BCUT2D eigenvalue weighted by Crippen LogP contribution is -2.58. The Labute approximate surface area is 84.1 Å². The first kappa shape index (κ1) is 12.9. The first-order valence-electron chi connectivity index (χ1n) is 5.66. The molecule has 0 atom stereocenters. The molecule has 2 nitrogen and oxygen atoms in total. The van der Waals surface area contributed by atoms with Crippen molar-refractivity contribution < 1.29 is 4.59 Å². The van der Waals surface area contributed by atoms with Crippen LogP contribution in [0.25, 0.3) is 0 Å². The molecule has 0 aliphatic heterocycles. The monoisotopic (exact) mass is 187 g/mol. The third-order valence-corrected chi connectivity index (χ3v) is 2.77. The average molecular weight is 187 g/mol. The van der Waals surface area contributed by atoms with Crippen LogP contribution >= 0.6 is 0 Å². The second-order valence-corrected chi connectivity index (χ2v) is 4.11. The maximum atomic E-state index is 2.39. The molecular weight excluding hydrogens is 160 g/mol. The Balaban J connectivity index is 4.38. The highest BCUT2D eigenvalue weighted by Gasteiger charge is 2.27. The van der Waals surface area contributed by atoms with Gasteiger partial charge in [0.2, 0.25) is 0 Å². The van der Waals surface area contributed by atoms with Crippen LogP contribution in [0.3, 0.4) is 0 Å². The van der Waals surface area contributed by atoms with Gasteiger partial charge in [-0.05, 0) is 19.3 Å². The van der Waals surface area contributed by atoms with E-state index in [1.165, 1.54) is 43.5 Å². The molecule has 0 rings (SSSR count). The fraction of sp³-hybridized carbons (Fsp3) is 1.00. The zero-order valence-corrected chi connectivity index (χ0v) is 10.1. The summed E-state index contributed by atoms with van der Waals surface area (Å²) in [5.74, 6) is 0. The zero-order valence-electron chi connectivity index (χ0n) is 10.1. The molecule has 0 spiro atoms. The Hall–Kier alpha value is -0.0800. The van der Waals surface area contributed by atoms with Crippen LogP contribution in [0.5, 0.6) is 0 Å². The summed E-state index contributed by atoms with van der Waals surface area (Å²) in [6.45, 7) is 10.7. The van der Waals surface area contributed by atoms with Crippen LogP contribution in [-0.4, -0.2) is 43.3 Å². The van der Waals surface area contributed by atoms with Crippen LogP contribution in [-0.2, 0) is 0 Å². The maximum Gasteiger partial charge on any atom is 0.0961 e. The molecule has 0 unspecified atom stereocenters. The summed E-state index contributed by atoms with van der Waals surface area (Å²) < 4.78 is 1.17. The van der Waals surface area contributed by atoms with Gasteiger partial charge in [0.1, 0.15) is 0 Å². The first-order valence-corrected chi connectivity index (χ1v) is 5.66. The molecule has 0 radical (unpaired) electrons. The standard InChI is InChI=1S/C11H27N2/c1-6-9-13(10-7-2,11-8-3)12(4)5/h6-11H2,1-5H3/q+1. The van der Waals surface area contributed by atoms with E-state index in [1.54, 1.807) is 0 Å². The van der Waals surface area contributed by atoms with Crippen molar-refractivity contribution >= 4 is 0 Å². The predicted molar refractivity (Wildman–Crippen MR) is 59.4 cm³/mol. The molecule has 0 saturated heterocycles. The summed E-state index contributed by atoms with van der Waals surface area (Å²) in [6, 6.07) is 0. The minimum atomic E-state index is 1.17. The molecule has 80 valence electrons. The van der Waals surface area contributed by atoms with Gasteiger partial charge < -0.3 is 0 Å². The molecule has 0 heterocycles. The SMILES string of the molecule is CCC[N+](CCC)(CCC)N(C)C. The van der Waals surface area contributed by atoms with E-state index in [0.29, 0.717) is 0 Å². The summed E-state index contributed by atoms with van der Waals surface area (Å²) >= 11 is 0. The smallest absolute Gasteiger partial charge is 0.0961 e. The van der Waals surface area contributed by atoms with Crippen LogP contribution in [0.15, 0.2) is 0 Å². The highest BCUT2D eigenvalue weighted by molar-refractivity contribution is 4.39. The average Bonchev–Trinajstić information content (AvgIpc) is 2.05. The zero-order chi connectivity index (χ0) is 10.3. The van der Waals surface area contributed by atoms with E-state index in [4.69, 9.17) is 0 Å². The van der Waals surface area contributed by atoms with Gasteiger partial charge in [0.05, 0.1) is 19.6 Å². The molecule has 13 heavy (non-hydrogen) atoms. The Morgan fingerprint density at radius 2 is 1.08 bits per heavy atom. The molecule has 0 bridgehead atoms. The Morgan fingerprint density at radius 3 is 1.23 bits per heavy atom. The topological polar surface area (TPSA) is 3.24 Å². The second-order valence-electron chi connectivity index (χ2n) is 4.11. The third-order valence-electron chi connectivity index (χ3n) is 2.77. The molecule has 0 fully saturated rings. The van der Waals surface area contributed by atoms with E-state index in [-0.39, 0.29) is 0 Å². The molecule has 0 aromatic heterocycles. The summed E-state index contributed by atoms with van der Waals surface area (Å²) in [6.07, 6.45) is 3.83. The fourth-order valence-corrected chi connectivity index (χ4v) is 2.18. The van der Waals surface area contributed by atoms with Crippen molar-refractivity contribution in [2.24, 2.45) is 0 Å². The number of rotatable bonds is 7. The van der Waals surface area contributed by atoms with Crippen molar-refractivity contribution in [2.75, 3.05) is 33.7 Å². The van der Waals surface area contributed by atoms with Crippen molar-refractivity contribution in [3.63, 3.8) is 0 Å². The Bertz CT molecular complexity index is 104. The quantitative estimate of drug-likeness (QED) is 0.437. The van der Waals surface area contributed by atoms with E-state index in [9.17, 15) is 0 Å². The van der Waals surface area contributed by atoms with E-state index in [1.807, 2.05) is 0 Å². The molecule has 0 aliphatic carbocycles. The van der Waals surface area contributed by atoms with Crippen LogP contribution in [0.1, 0.15) is 40.0 Å². The molecule has 0 aromatic carbocycles. The van der Waals surface area contributed by atoms with Gasteiger partial charge in [-0.1, -0.05) is 20.8 Å². The van der Waals surface area contributed by atoms with Gasteiger partial charge in [-0.3, -0.25) is 0 Å². The van der Waals surface area contributed by atoms with Crippen LogP contribution in [0.2, 0.25) is 0 Å². The fourth-order valence-electron chi connectivity index (χ4n) is 2.18. The van der Waals surface area contributed by atoms with Crippen molar-refractivity contribution in [3.05, 3.63) is 0 Å². The van der Waals surface area contributed by atoms with E-state index in [2.05, 4.69) is 39.9 Å². The second kappa shape index (κ2) is 6.39. The van der Waals surface area contributed by atoms with Crippen molar-refractivity contribution in [2.45, 2.75) is 40.0 Å². The lowest BCUT2D eigenvalue weighted by Gasteiger charge is -2.42. The van der Waals surface area contributed by atoms with E-state index >= 15 is 0 Å². The minimum absolute atomic E-state index is 1.17. The molecule has 0 amide bonds. The van der Waals surface area contributed by atoms with E-state index < -0.39 is 0 Å². The molecule has 0 saturated carbocycles. The summed E-state index contributed by atoms with van der Waals surface area (Å²) in [7, 11) is 4.42. The highest BCUT2D eigenvalue weighted by Crippen LogP contribution is 2.13. The van der Waals surface area contributed by atoms with Crippen molar-refractivity contribution in [1.29, 1.82) is 0 Å².